The summed E-state index contributed by atoms with van der Waals surface area (Å²) in [5, 5.41) is 9.65. The van der Waals surface area contributed by atoms with E-state index in [9.17, 15) is 14.7 Å². The summed E-state index contributed by atoms with van der Waals surface area (Å²) in [7, 11) is 1.58. The van der Waals surface area contributed by atoms with Crippen LogP contribution in [-0.4, -0.2) is 41.1 Å². The molecule has 3 rings (SSSR count). The van der Waals surface area contributed by atoms with E-state index < -0.39 is 12.0 Å². The number of methoxy groups -OCH3 is 1. The van der Waals surface area contributed by atoms with Crippen LogP contribution in [0.1, 0.15) is 49.9 Å². The average molecular weight is 395 g/mol. The van der Waals surface area contributed by atoms with Gasteiger partial charge in [-0.05, 0) is 55.4 Å². The van der Waals surface area contributed by atoms with E-state index in [1.165, 1.54) is 0 Å². The molecule has 0 bridgehead atoms. The molecule has 1 saturated heterocycles. The molecule has 2 atom stereocenters. The molecule has 2 aromatic rings. The first kappa shape index (κ1) is 20.9. The van der Waals surface area contributed by atoms with E-state index in [1.54, 1.807) is 24.1 Å². The first-order chi connectivity index (χ1) is 13.9. The maximum Gasteiger partial charge on any atom is 0.326 e. The number of aliphatic carboxylic acids is 1. The number of carboxylic acid groups (broad SMARTS) is 1. The first-order valence-electron chi connectivity index (χ1n) is 10.2. The smallest absolute Gasteiger partial charge is 0.326 e. The lowest BCUT2D eigenvalue weighted by molar-refractivity contribution is -0.141. The van der Waals surface area contributed by atoms with E-state index in [0.717, 1.165) is 30.4 Å². The lowest BCUT2D eigenvalue weighted by atomic mass is 10.00. The number of carboxylic acids is 1. The molecule has 0 aliphatic carbocycles. The van der Waals surface area contributed by atoms with Gasteiger partial charge in [0.05, 0.1) is 7.11 Å². The van der Waals surface area contributed by atoms with Crippen molar-refractivity contribution in [3.8, 4) is 16.9 Å². The predicted molar refractivity (Wildman–Crippen MR) is 113 cm³/mol. The van der Waals surface area contributed by atoms with Crippen LogP contribution >= 0.6 is 0 Å². The van der Waals surface area contributed by atoms with E-state index >= 15 is 0 Å². The van der Waals surface area contributed by atoms with Gasteiger partial charge < -0.3 is 14.7 Å². The maximum absolute atomic E-state index is 13.3. The zero-order valence-electron chi connectivity index (χ0n) is 17.3. The van der Waals surface area contributed by atoms with Crippen LogP contribution in [0.25, 0.3) is 11.1 Å². The van der Waals surface area contributed by atoms with Crippen LogP contribution in [-0.2, 0) is 4.79 Å². The third-order valence-electron chi connectivity index (χ3n) is 5.63. The van der Waals surface area contributed by atoms with Gasteiger partial charge in [-0.15, -0.1) is 0 Å². The van der Waals surface area contributed by atoms with E-state index in [2.05, 4.69) is 13.8 Å². The molecule has 5 heteroatoms. The second-order valence-electron chi connectivity index (χ2n) is 8.05. The van der Waals surface area contributed by atoms with Gasteiger partial charge in [-0.1, -0.05) is 44.2 Å². The Kier molecular flexibility index (Phi) is 6.57. The summed E-state index contributed by atoms with van der Waals surface area (Å²) >= 11 is 0. The summed E-state index contributed by atoms with van der Waals surface area (Å²) in [5.41, 5.74) is 2.36. The normalized spacial score (nSPS) is 18.8. The van der Waals surface area contributed by atoms with Gasteiger partial charge >= 0.3 is 5.97 Å². The fraction of sp³-hybridized carbons (Fsp3) is 0.417. The molecule has 0 unspecified atom stereocenters. The molecule has 154 valence electrons. The number of ether oxygens (including phenoxy) is 1. The van der Waals surface area contributed by atoms with Gasteiger partial charge in [0.1, 0.15) is 11.8 Å². The SMILES string of the molecule is COc1cc(C(=O)N2[C@@H](CCC(C)C)CC[C@H]2C(=O)O)ccc1-c1ccccc1. The lowest BCUT2D eigenvalue weighted by Gasteiger charge is -2.29. The predicted octanol–water partition coefficient (Wildman–Crippen LogP) is 4.86. The van der Waals surface area contributed by atoms with Gasteiger partial charge in [0.2, 0.25) is 0 Å². The quantitative estimate of drug-likeness (QED) is 0.727. The van der Waals surface area contributed by atoms with Crippen molar-refractivity contribution >= 4 is 11.9 Å². The monoisotopic (exact) mass is 395 g/mol. The number of hydrogen-bond donors (Lipinski definition) is 1. The van der Waals surface area contributed by atoms with Crippen molar-refractivity contribution in [2.75, 3.05) is 7.11 Å². The Morgan fingerprint density at radius 3 is 2.48 bits per heavy atom. The zero-order valence-corrected chi connectivity index (χ0v) is 17.3. The third-order valence-corrected chi connectivity index (χ3v) is 5.63. The van der Waals surface area contributed by atoms with Crippen molar-refractivity contribution in [1.82, 2.24) is 4.90 Å². The van der Waals surface area contributed by atoms with Crippen LogP contribution in [0.3, 0.4) is 0 Å². The van der Waals surface area contributed by atoms with Gasteiger partial charge in [-0.3, -0.25) is 4.79 Å². The van der Waals surface area contributed by atoms with Gasteiger partial charge in [0.25, 0.3) is 5.91 Å². The van der Waals surface area contributed by atoms with Crippen LogP contribution in [0.15, 0.2) is 48.5 Å². The number of rotatable bonds is 7. The van der Waals surface area contributed by atoms with E-state index in [-0.39, 0.29) is 11.9 Å². The van der Waals surface area contributed by atoms with Gasteiger partial charge in [-0.2, -0.15) is 0 Å². The standard InChI is InChI=1S/C24H29NO4/c1-16(2)9-11-19-12-14-21(24(27)28)25(19)23(26)18-10-13-20(22(15-18)29-3)17-7-5-4-6-8-17/h4-8,10,13,15-16,19,21H,9,11-12,14H2,1-3H3,(H,27,28)/t19-,21-/m0/s1. The molecule has 0 saturated carbocycles. The zero-order chi connectivity index (χ0) is 21.0. The van der Waals surface area contributed by atoms with Crippen LogP contribution in [0.4, 0.5) is 0 Å². The van der Waals surface area contributed by atoms with Crippen LogP contribution in [0, 0.1) is 5.92 Å². The minimum absolute atomic E-state index is 0.0363. The van der Waals surface area contributed by atoms with Crippen LogP contribution < -0.4 is 4.74 Å². The first-order valence-corrected chi connectivity index (χ1v) is 10.2. The molecule has 0 spiro atoms. The fourth-order valence-corrected chi connectivity index (χ4v) is 4.07. The van der Waals surface area contributed by atoms with Crippen molar-refractivity contribution in [2.24, 2.45) is 5.92 Å². The van der Waals surface area contributed by atoms with Gasteiger partial charge in [0.15, 0.2) is 0 Å². The molecular formula is C24H29NO4. The topological polar surface area (TPSA) is 66.8 Å². The second kappa shape index (κ2) is 9.12. The highest BCUT2D eigenvalue weighted by atomic mass is 16.5. The van der Waals surface area contributed by atoms with E-state index in [1.807, 2.05) is 36.4 Å². The van der Waals surface area contributed by atoms with Gasteiger partial charge in [-0.25, -0.2) is 4.79 Å². The number of hydrogen-bond acceptors (Lipinski definition) is 3. The Morgan fingerprint density at radius 2 is 1.86 bits per heavy atom. The summed E-state index contributed by atoms with van der Waals surface area (Å²) in [6, 6.07) is 14.4. The fourth-order valence-electron chi connectivity index (χ4n) is 4.07. The second-order valence-corrected chi connectivity index (χ2v) is 8.05. The molecule has 5 nitrogen and oxygen atoms in total. The summed E-state index contributed by atoms with van der Waals surface area (Å²) < 4.78 is 5.55. The van der Waals surface area contributed by atoms with Crippen molar-refractivity contribution < 1.29 is 19.4 Å². The molecule has 1 aliphatic heterocycles. The van der Waals surface area contributed by atoms with Gasteiger partial charge in [0, 0.05) is 17.2 Å². The number of carbonyl (C=O) groups is 2. The largest absolute Gasteiger partial charge is 0.496 e. The molecule has 1 fully saturated rings. The number of amides is 1. The highest BCUT2D eigenvalue weighted by Crippen LogP contribution is 2.34. The number of benzene rings is 2. The van der Waals surface area contributed by atoms with Crippen molar-refractivity contribution in [3.05, 3.63) is 54.1 Å². The summed E-state index contributed by atoms with van der Waals surface area (Å²) in [5.74, 6) is -0.0484. The molecule has 0 radical (unpaired) electrons. The minimum Gasteiger partial charge on any atom is -0.496 e. The number of carbonyl (C=O) groups excluding carboxylic acids is 1. The third kappa shape index (κ3) is 4.61. The van der Waals surface area contributed by atoms with Crippen molar-refractivity contribution in [1.29, 1.82) is 0 Å². The lowest BCUT2D eigenvalue weighted by Crippen LogP contribution is -2.45. The Hall–Kier alpha value is -2.82. The molecule has 1 amide bonds. The van der Waals surface area contributed by atoms with E-state index in [4.69, 9.17) is 4.74 Å². The molecule has 1 aliphatic rings. The molecule has 1 N–H and O–H groups in total. The summed E-state index contributed by atoms with van der Waals surface area (Å²) in [6.07, 6.45) is 3.03. The minimum atomic E-state index is -0.932. The Labute approximate surface area is 172 Å². The number of nitrogens with zero attached hydrogens (tertiary/aromatic N) is 1. The molecule has 2 aromatic carbocycles. The van der Waals surface area contributed by atoms with E-state index in [0.29, 0.717) is 23.7 Å². The Bertz CT molecular complexity index is 862. The molecule has 1 heterocycles. The molecule has 29 heavy (non-hydrogen) atoms. The van der Waals surface area contributed by atoms with Crippen molar-refractivity contribution in [2.45, 2.75) is 51.6 Å². The average Bonchev–Trinajstić information content (AvgIpc) is 3.16. The van der Waals surface area contributed by atoms with Crippen LogP contribution in [0.5, 0.6) is 5.75 Å². The van der Waals surface area contributed by atoms with Crippen molar-refractivity contribution in [3.63, 3.8) is 0 Å². The highest BCUT2D eigenvalue weighted by Gasteiger charge is 2.41. The Morgan fingerprint density at radius 1 is 1.14 bits per heavy atom. The Balaban J connectivity index is 1.91. The molecule has 0 aromatic heterocycles. The summed E-state index contributed by atoms with van der Waals surface area (Å²) in [6.45, 7) is 4.28. The molecular weight excluding hydrogens is 366 g/mol. The highest BCUT2D eigenvalue weighted by molar-refractivity contribution is 5.98. The van der Waals surface area contributed by atoms with Crippen LogP contribution in [0.2, 0.25) is 0 Å². The summed E-state index contributed by atoms with van der Waals surface area (Å²) in [4.78, 5) is 26.7. The maximum atomic E-state index is 13.3. The number of likely N-dealkylation sites (tertiary alicyclic amines) is 1.